The Kier molecular flexibility index (Phi) is 8.43. The van der Waals surface area contributed by atoms with Gasteiger partial charge in [0.1, 0.15) is 5.75 Å². The molecule has 1 aromatic rings. The highest BCUT2D eigenvalue weighted by Gasteiger charge is 2.03. The number of hydrogen-bond acceptors (Lipinski definition) is 3. The van der Waals surface area contributed by atoms with E-state index in [0.717, 1.165) is 43.2 Å². The van der Waals surface area contributed by atoms with Crippen molar-refractivity contribution < 1.29 is 9.47 Å². The summed E-state index contributed by atoms with van der Waals surface area (Å²) in [6, 6.07) is 6.00. The maximum atomic E-state index is 5.93. The van der Waals surface area contributed by atoms with E-state index in [1.807, 2.05) is 25.1 Å². The van der Waals surface area contributed by atoms with E-state index in [0.29, 0.717) is 12.5 Å². The van der Waals surface area contributed by atoms with Crippen LogP contribution in [0.15, 0.2) is 18.2 Å². The summed E-state index contributed by atoms with van der Waals surface area (Å²) in [5.74, 6) is 1.32. The first-order valence-electron chi connectivity index (χ1n) is 6.95. The molecule has 1 N–H and O–H groups in total. The van der Waals surface area contributed by atoms with E-state index in [1.165, 1.54) is 6.42 Å². The molecule has 0 aliphatic carbocycles. The topological polar surface area (TPSA) is 30.5 Å². The summed E-state index contributed by atoms with van der Waals surface area (Å²) in [5.41, 5.74) is 2.07. The number of nitrogens with one attached hydrogen (secondary N) is 1. The number of benzene rings is 1. The van der Waals surface area contributed by atoms with E-state index < -0.39 is 0 Å². The van der Waals surface area contributed by atoms with Gasteiger partial charge in [0, 0.05) is 24.4 Å². The summed E-state index contributed by atoms with van der Waals surface area (Å²) >= 11 is 5.93. The van der Waals surface area contributed by atoms with Crippen LogP contribution in [-0.2, 0) is 10.6 Å². The average Bonchev–Trinajstić information content (AvgIpc) is 2.44. The quantitative estimate of drug-likeness (QED) is 0.520. The molecule has 0 radical (unpaired) electrons. The number of hydrogen-bond donors (Lipinski definition) is 1. The third-order valence-corrected chi connectivity index (χ3v) is 3.01. The molecule has 0 fully saturated rings. The van der Waals surface area contributed by atoms with Crippen molar-refractivity contribution in [3.63, 3.8) is 0 Å². The lowest BCUT2D eigenvalue weighted by molar-refractivity contribution is 0.141. The zero-order valence-electron chi connectivity index (χ0n) is 11.9. The van der Waals surface area contributed by atoms with Crippen LogP contribution in [0.1, 0.15) is 32.3 Å². The first-order valence-corrected chi connectivity index (χ1v) is 7.48. The normalized spacial score (nSPS) is 10.5. The average molecular weight is 286 g/mol. The van der Waals surface area contributed by atoms with Gasteiger partial charge in [-0.3, -0.25) is 0 Å². The molecule has 19 heavy (non-hydrogen) atoms. The van der Waals surface area contributed by atoms with Gasteiger partial charge in [-0.2, -0.15) is 0 Å². The summed E-state index contributed by atoms with van der Waals surface area (Å²) in [5, 5.41) is 3.33. The summed E-state index contributed by atoms with van der Waals surface area (Å²) in [4.78, 5) is 0. The minimum atomic E-state index is 0.456. The van der Waals surface area contributed by atoms with Crippen LogP contribution in [-0.4, -0.2) is 26.4 Å². The monoisotopic (exact) mass is 285 g/mol. The fourth-order valence-electron chi connectivity index (χ4n) is 1.71. The second kappa shape index (κ2) is 9.93. The molecule has 0 saturated carbocycles. The maximum Gasteiger partial charge on any atom is 0.123 e. The molecule has 0 unspecified atom stereocenters. The van der Waals surface area contributed by atoms with Gasteiger partial charge in [0.2, 0.25) is 0 Å². The van der Waals surface area contributed by atoms with Crippen molar-refractivity contribution in [2.24, 2.45) is 0 Å². The van der Waals surface area contributed by atoms with E-state index in [4.69, 9.17) is 21.1 Å². The van der Waals surface area contributed by atoms with Crippen LogP contribution in [0, 0.1) is 0 Å². The lowest BCUT2D eigenvalue weighted by Gasteiger charge is -2.12. The zero-order chi connectivity index (χ0) is 13.9. The molecule has 4 heteroatoms. The standard InChI is InChI=1S/C15H24ClNO2/c1-3-5-9-18-10-8-17-14-6-7-15(19-4-2)13(11-14)12-16/h6-7,11,17H,3-5,8-10,12H2,1-2H3. The van der Waals surface area contributed by atoms with Crippen LogP contribution in [0.2, 0.25) is 0 Å². The summed E-state index contributed by atoms with van der Waals surface area (Å²) in [7, 11) is 0. The minimum Gasteiger partial charge on any atom is -0.494 e. The van der Waals surface area contributed by atoms with Gasteiger partial charge in [-0.05, 0) is 31.5 Å². The second-order valence-corrected chi connectivity index (χ2v) is 4.55. The SMILES string of the molecule is CCCCOCCNc1ccc(OCC)c(CCl)c1. The number of ether oxygens (including phenoxy) is 2. The van der Waals surface area contributed by atoms with Crippen LogP contribution < -0.4 is 10.1 Å². The number of rotatable bonds is 10. The third kappa shape index (κ3) is 6.17. The highest BCUT2D eigenvalue weighted by Crippen LogP contribution is 2.24. The van der Waals surface area contributed by atoms with Gasteiger partial charge in [-0.25, -0.2) is 0 Å². The van der Waals surface area contributed by atoms with Crippen LogP contribution in [0.3, 0.4) is 0 Å². The molecule has 1 rings (SSSR count). The Hall–Kier alpha value is -0.930. The number of alkyl halides is 1. The van der Waals surface area contributed by atoms with Crippen molar-refractivity contribution in [1.82, 2.24) is 0 Å². The fourth-order valence-corrected chi connectivity index (χ4v) is 1.92. The molecule has 0 aliphatic heterocycles. The van der Waals surface area contributed by atoms with Gasteiger partial charge in [0.15, 0.2) is 0 Å². The van der Waals surface area contributed by atoms with Crippen molar-refractivity contribution in [2.75, 3.05) is 31.7 Å². The van der Waals surface area contributed by atoms with Crippen molar-refractivity contribution in [3.05, 3.63) is 23.8 Å². The van der Waals surface area contributed by atoms with Crippen LogP contribution in [0.4, 0.5) is 5.69 Å². The molecule has 0 atom stereocenters. The van der Waals surface area contributed by atoms with Gasteiger partial charge in [0.25, 0.3) is 0 Å². The molecule has 0 amide bonds. The number of halogens is 1. The van der Waals surface area contributed by atoms with Gasteiger partial charge in [-0.15, -0.1) is 11.6 Å². The molecule has 108 valence electrons. The van der Waals surface area contributed by atoms with E-state index in [1.54, 1.807) is 0 Å². The molecule has 3 nitrogen and oxygen atoms in total. The minimum absolute atomic E-state index is 0.456. The Morgan fingerprint density at radius 2 is 2.05 bits per heavy atom. The van der Waals surface area contributed by atoms with Crippen molar-refractivity contribution in [3.8, 4) is 5.75 Å². The van der Waals surface area contributed by atoms with Crippen LogP contribution in [0.5, 0.6) is 5.75 Å². The van der Waals surface area contributed by atoms with E-state index >= 15 is 0 Å². The molecule has 1 aromatic carbocycles. The van der Waals surface area contributed by atoms with Crippen LogP contribution in [0.25, 0.3) is 0 Å². The lowest BCUT2D eigenvalue weighted by atomic mass is 10.2. The van der Waals surface area contributed by atoms with E-state index in [9.17, 15) is 0 Å². The van der Waals surface area contributed by atoms with Gasteiger partial charge in [-0.1, -0.05) is 13.3 Å². The zero-order valence-corrected chi connectivity index (χ0v) is 12.6. The van der Waals surface area contributed by atoms with Gasteiger partial charge < -0.3 is 14.8 Å². The first-order chi connectivity index (χ1) is 9.31. The summed E-state index contributed by atoms with van der Waals surface area (Å²) < 4.78 is 11.0. The van der Waals surface area contributed by atoms with E-state index in [-0.39, 0.29) is 0 Å². The molecule has 0 bridgehead atoms. The third-order valence-electron chi connectivity index (χ3n) is 2.72. The summed E-state index contributed by atoms with van der Waals surface area (Å²) in [6.07, 6.45) is 2.30. The fraction of sp³-hybridized carbons (Fsp3) is 0.600. The van der Waals surface area contributed by atoms with E-state index in [2.05, 4.69) is 12.2 Å². The molecule has 0 aromatic heterocycles. The van der Waals surface area contributed by atoms with Gasteiger partial charge in [0.05, 0.1) is 19.1 Å². The molecular formula is C15H24ClNO2. The summed E-state index contributed by atoms with van der Waals surface area (Å²) in [6.45, 7) is 7.16. The molecule has 0 spiro atoms. The Morgan fingerprint density at radius 3 is 2.74 bits per heavy atom. The molecule has 0 aliphatic rings. The molecule has 0 saturated heterocycles. The van der Waals surface area contributed by atoms with Crippen molar-refractivity contribution >= 4 is 17.3 Å². The Balaban J connectivity index is 2.37. The maximum absolute atomic E-state index is 5.93. The highest BCUT2D eigenvalue weighted by atomic mass is 35.5. The predicted octanol–water partition coefficient (Wildman–Crippen LogP) is 4.05. The largest absolute Gasteiger partial charge is 0.494 e. The van der Waals surface area contributed by atoms with Gasteiger partial charge >= 0.3 is 0 Å². The highest BCUT2D eigenvalue weighted by molar-refractivity contribution is 6.17. The molecular weight excluding hydrogens is 262 g/mol. The Morgan fingerprint density at radius 1 is 1.21 bits per heavy atom. The second-order valence-electron chi connectivity index (χ2n) is 4.28. The Labute approximate surface area is 121 Å². The van der Waals surface area contributed by atoms with Crippen LogP contribution >= 0.6 is 11.6 Å². The number of unbranched alkanes of at least 4 members (excludes halogenated alkanes) is 1. The number of anilines is 1. The van der Waals surface area contributed by atoms with Crippen molar-refractivity contribution in [1.29, 1.82) is 0 Å². The molecule has 0 heterocycles. The first kappa shape index (κ1) is 16.1. The lowest BCUT2D eigenvalue weighted by Crippen LogP contribution is -2.10. The Bertz CT molecular complexity index is 358. The predicted molar refractivity (Wildman–Crippen MR) is 81.4 cm³/mol. The smallest absolute Gasteiger partial charge is 0.123 e. The van der Waals surface area contributed by atoms with Crippen molar-refractivity contribution in [2.45, 2.75) is 32.6 Å².